The Bertz CT molecular complexity index is 1160. The molecular formula is C18H15N7O2S. The van der Waals surface area contributed by atoms with E-state index in [1.165, 1.54) is 22.6 Å². The van der Waals surface area contributed by atoms with E-state index >= 15 is 0 Å². The van der Waals surface area contributed by atoms with E-state index in [2.05, 4.69) is 25.9 Å². The van der Waals surface area contributed by atoms with E-state index < -0.39 is 10.0 Å². The molecule has 0 amide bonds. The fourth-order valence-corrected chi connectivity index (χ4v) is 4.49. The molecule has 140 valence electrons. The second-order valence-corrected chi connectivity index (χ2v) is 7.89. The van der Waals surface area contributed by atoms with Crippen molar-refractivity contribution in [3.05, 3.63) is 66.1 Å². The standard InChI is InChI=1S/C18H15N7O2S/c19-11-14(18-21-23-24-22-18)12-20-15-5-7-16(8-6-15)28(26,27)25-10-9-13-3-1-2-4-17(13)25/h1-8,12,20H,9-10H2,(H,21,22,23,24). The van der Waals surface area contributed by atoms with E-state index in [9.17, 15) is 8.42 Å². The zero-order valence-corrected chi connectivity index (χ0v) is 15.4. The lowest BCUT2D eigenvalue weighted by Gasteiger charge is -2.19. The van der Waals surface area contributed by atoms with Crippen molar-refractivity contribution in [2.24, 2.45) is 0 Å². The van der Waals surface area contributed by atoms with E-state index in [0.717, 1.165) is 11.3 Å². The van der Waals surface area contributed by atoms with Gasteiger partial charge in [-0.05, 0) is 47.5 Å². The molecule has 0 fully saturated rings. The van der Waals surface area contributed by atoms with Gasteiger partial charge in [-0.3, -0.25) is 4.31 Å². The summed E-state index contributed by atoms with van der Waals surface area (Å²) in [6, 6.07) is 15.8. The van der Waals surface area contributed by atoms with E-state index in [4.69, 9.17) is 5.26 Å². The number of tetrazole rings is 1. The van der Waals surface area contributed by atoms with E-state index in [1.807, 2.05) is 30.3 Å². The van der Waals surface area contributed by atoms with Gasteiger partial charge in [0, 0.05) is 18.4 Å². The number of benzene rings is 2. The van der Waals surface area contributed by atoms with Crippen LogP contribution in [0.1, 0.15) is 11.4 Å². The number of sulfonamides is 1. The van der Waals surface area contributed by atoms with Crippen LogP contribution in [0.5, 0.6) is 0 Å². The van der Waals surface area contributed by atoms with Crippen LogP contribution >= 0.6 is 0 Å². The Morgan fingerprint density at radius 3 is 2.71 bits per heavy atom. The third-order valence-corrected chi connectivity index (χ3v) is 6.20. The average molecular weight is 393 g/mol. The predicted molar refractivity (Wildman–Crippen MR) is 103 cm³/mol. The van der Waals surface area contributed by atoms with Crippen LogP contribution in [0, 0.1) is 11.3 Å². The van der Waals surface area contributed by atoms with Gasteiger partial charge in [0.1, 0.15) is 11.6 Å². The number of H-pyrrole nitrogens is 1. The Morgan fingerprint density at radius 2 is 2.00 bits per heavy atom. The third kappa shape index (κ3) is 3.19. The molecular weight excluding hydrogens is 378 g/mol. The van der Waals surface area contributed by atoms with Gasteiger partial charge in [-0.15, -0.1) is 10.2 Å². The number of hydrogen-bond acceptors (Lipinski definition) is 7. The lowest BCUT2D eigenvalue weighted by molar-refractivity contribution is 0.592. The van der Waals surface area contributed by atoms with Gasteiger partial charge in [0.15, 0.2) is 0 Å². The number of allylic oxidation sites excluding steroid dienone is 1. The summed E-state index contributed by atoms with van der Waals surface area (Å²) in [6.45, 7) is 0.431. The summed E-state index contributed by atoms with van der Waals surface area (Å²) < 4.78 is 27.4. The minimum atomic E-state index is -3.63. The van der Waals surface area contributed by atoms with Crippen molar-refractivity contribution < 1.29 is 8.42 Å². The van der Waals surface area contributed by atoms with Gasteiger partial charge in [0.25, 0.3) is 10.0 Å². The maximum atomic E-state index is 13.0. The molecule has 2 heterocycles. The molecule has 0 bridgehead atoms. The topological polar surface area (TPSA) is 128 Å². The Morgan fingerprint density at radius 1 is 1.21 bits per heavy atom. The summed E-state index contributed by atoms with van der Waals surface area (Å²) in [4.78, 5) is 0.206. The molecule has 1 aromatic heterocycles. The Kier molecular flexibility index (Phi) is 4.50. The number of hydrogen-bond donors (Lipinski definition) is 2. The molecule has 0 unspecified atom stereocenters. The zero-order chi connectivity index (χ0) is 19.6. The minimum absolute atomic E-state index is 0.168. The second-order valence-electron chi connectivity index (χ2n) is 6.03. The Hall–Kier alpha value is -3.71. The summed E-state index contributed by atoms with van der Waals surface area (Å²) in [5.41, 5.74) is 2.57. The van der Waals surface area contributed by atoms with Gasteiger partial charge < -0.3 is 5.32 Å². The Balaban J connectivity index is 1.54. The minimum Gasteiger partial charge on any atom is -0.360 e. The molecule has 0 radical (unpaired) electrons. The van der Waals surface area contributed by atoms with Crippen LogP contribution in [0.15, 0.2) is 59.6 Å². The van der Waals surface area contributed by atoms with Crippen molar-refractivity contribution in [1.82, 2.24) is 20.6 Å². The number of aromatic amines is 1. The number of nitrogens with zero attached hydrogens (tertiary/aromatic N) is 5. The summed E-state index contributed by atoms with van der Waals surface area (Å²) in [7, 11) is -3.63. The normalized spacial score (nSPS) is 13.8. The Labute approximate surface area is 161 Å². The first kappa shape index (κ1) is 17.7. The fraction of sp³-hybridized carbons (Fsp3) is 0.111. The number of nitrogens with one attached hydrogen (secondary N) is 2. The highest BCUT2D eigenvalue weighted by Crippen LogP contribution is 2.32. The van der Waals surface area contributed by atoms with Crippen LogP contribution in [-0.4, -0.2) is 35.6 Å². The SMILES string of the molecule is N#CC(=CNc1ccc(S(=O)(=O)N2CCc3ccccc32)cc1)c1nn[nH]n1. The first-order chi connectivity index (χ1) is 13.6. The van der Waals surface area contributed by atoms with E-state index in [-0.39, 0.29) is 16.3 Å². The van der Waals surface area contributed by atoms with Crippen LogP contribution in [0.25, 0.3) is 5.57 Å². The van der Waals surface area contributed by atoms with Crippen LogP contribution < -0.4 is 9.62 Å². The van der Waals surface area contributed by atoms with Gasteiger partial charge in [0.05, 0.1) is 10.6 Å². The monoisotopic (exact) mass is 393 g/mol. The third-order valence-electron chi connectivity index (χ3n) is 4.38. The highest BCUT2D eigenvalue weighted by Gasteiger charge is 2.30. The lowest BCUT2D eigenvalue weighted by atomic mass is 10.2. The molecule has 2 aromatic carbocycles. The fourth-order valence-electron chi connectivity index (χ4n) is 2.99. The highest BCUT2D eigenvalue weighted by molar-refractivity contribution is 7.92. The van der Waals surface area contributed by atoms with Crippen molar-refractivity contribution in [2.75, 3.05) is 16.2 Å². The summed E-state index contributed by atoms with van der Waals surface area (Å²) in [5.74, 6) is 0.168. The number of nitriles is 1. The molecule has 28 heavy (non-hydrogen) atoms. The summed E-state index contributed by atoms with van der Waals surface area (Å²) in [6.07, 6.45) is 2.14. The molecule has 9 nitrogen and oxygen atoms in total. The van der Waals surface area contributed by atoms with Crippen LogP contribution in [-0.2, 0) is 16.4 Å². The maximum absolute atomic E-state index is 13.0. The number of aromatic nitrogens is 4. The first-order valence-corrected chi connectivity index (χ1v) is 9.85. The lowest BCUT2D eigenvalue weighted by Crippen LogP contribution is -2.29. The largest absolute Gasteiger partial charge is 0.360 e. The number of anilines is 2. The molecule has 0 saturated carbocycles. The van der Waals surface area contributed by atoms with Crippen molar-refractivity contribution in [3.8, 4) is 6.07 Å². The van der Waals surface area contributed by atoms with Crippen LogP contribution in [0.3, 0.4) is 0 Å². The van der Waals surface area contributed by atoms with Gasteiger partial charge in [0.2, 0.25) is 5.82 Å². The molecule has 3 aromatic rings. The van der Waals surface area contributed by atoms with Crippen molar-refractivity contribution in [2.45, 2.75) is 11.3 Å². The zero-order valence-electron chi connectivity index (χ0n) is 14.6. The molecule has 0 aliphatic carbocycles. The van der Waals surface area contributed by atoms with Gasteiger partial charge >= 0.3 is 0 Å². The quantitative estimate of drug-likeness (QED) is 0.634. The van der Waals surface area contributed by atoms with Crippen LogP contribution in [0.4, 0.5) is 11.4 Å². The molecule has 0 spiro atoms. The van der Waals surface area contributed by atoms with Crippen molar-refractivity contribution in [3.63, 3.8) is 0 Å². The van der Waals surface area contributed by atoms with E-state index in [0.29, 0.717) is 18.7 Å². The second kappa shape index (κ2) is 7.13. The van der Waals surface area contributed by atoms with Crippen molar-refractivity contribution in [1.29, 1.82) is 5.26 Å². The summed E-state index contributed by atoms with van der Waals surface area (Å²) >= 11 is 0. The maximum Gasteiger partial charge on any atom is 0.264 e. The number of rotatable bonds is 5. The average Bonchev–Trinajstić information content (AvgIpc) is 3.39. The smallest absolute Gasteiger partial charge is 0.264 e. The predicted octanol–water partition coefficient (Wildman–Crippen LogP) is 1.93. The molecule has 4 rings (SSSR count). The van der Waals surface area contributed by atoms with E-state index in [1.54, 1.807) is 12.1 Å². The molecule has 0 atom stereocenters. The van der Waals surface area contributed by atoms with Gasteiger partial charge in [-0.2, -0.15) is 10.5 Å². The molecule has 2 N–H and O–H groups in total. The van der Waals surface area contributed by atoms with Crippen molar-refractivity contribution >= 4 is 27.0 Å². The molecule has 10 heteroatoms. The number of para-hydroxylation sites is 1. The highest BCUT2D eigenvalue weighted by atomic mass is 32.2. The van der Waals surface area contributed by atoms with Gasteiger partial charge in [-0.1, -0.05) is 18.2 Å². The molecule has 1 aliphatic heterocycles. The first-order valence-electron chi connectivity index (χ1n) is 8.41. The summed E-state index contributed by atoms with van der Waals surface area (Å²) in [5, 5.41) is 25.3. The number of fused-ring (bicyclic) bond motifs is 1. The van der Waals surface area contributed by atoms with Crippen LogP contribution in [0.2, 0.25) is 0 Å². The molecule has 1 aliphatic rings. The molecule has 0 saturated heterocycles. The van der Waals surface area contributed by atoms with Gasteiger partial charge in [-0.25, -0.2) is 8.42 Å².